The van der Waals surface area contributed by atoms with Gasteiger partial charge in [-0.1, -0.05) is 78.1 Å². The molecule has 0 saturated heterocycles. The molecule has 0 aromatic carbocycles. The van der Waals surface area contributed by atoms with E-state index in [1.165, 1.54) is 77.0 Å². The molecule has 3 atom stereocenters. The summed E-state index contributed by atoms with van der Waals surface area (Å²) in [5.74, 6) is 0. The second kappa shape index (κ2) is 21.8. The highest BCUT2D eigenvalue weighted by atomic mass is 31.2. The number of nitrogens with zero attached hydrogens (tertiary/aromatic N) is 1. The van der Waals surface area contributed by atoms with Gasteiger partial charge >= 0.3 is 7.82 Å². The topological polar surface area (TPSA) is 120 Å². The van der Waals surface area contributed by atoms with E-state index >= 15 is 0 Å². The standard InChI is InChI=1S/C16H35O4P.C6H15NO3/c1-3-5-7-9-11-13-15-19-21(17,18)20-16-14-12-10-8-6-4-2;1-4(8)7(5(2)9)6(3)10/h3-16H2,1-2H3,(H,17,18);4-6,8-10H,1-3H3. The van der Waals surface area contributed by atoms with Crippen molar-refractivity contribution >= 4 is 7.82 Å². The minimum absolute atomic E-state index is 0.316. The SMILES string of the molecule is CC(O)N(C(C)O)C(C)O.CCCCCCCCOP(=O)(O)OCCCCCCCC. The Hall–Kier alpha value is -0.0500. The van der Waals surface area contributed by atoms with Crippen LogP contribution < -0.4 is 0 Å². The van der Waals surface area contributed by atoms with Crippen molar-refractivity contribution in [3.63, 3.8) is 0 Å². The molecule has 31 heavy (non-hydrogen) atoms. The fourth-order valence-corrected chi connectivity index (χ4v) is 3.89. The molecule has 0 spiro atoms. The molecule has 0 aliphatic heterocycles. The smallest absolute Gasteiger partial charge is 0.379 e. The van der Waals surface area contributed by atoms with E-state index in [9.17, 15) is 9.46 Å². The quantitative estimate of drug-likeness (QED) is 0.116. The molecule has 0 bridgehead atoms. The monoisotopic (exact) mass is 471 g/mol. The van der Waals surface area contributed by atoms with Gasteiger partial charge in [0.05, 0.1) is 13.2 Å². The summed E-state index contributed by atoms with van der Waals surface area (Å²) in [6, 6.07) is 0. The summed E-state index contributed by atoms with van der Waals surface area (Å²) >= 11 is 0. The van der Waals surface area contributed by atoms with E-state index in [1.54, 1.807) is 0 Å². The van der Waals surface area contributed by atoms with E-state index in [0.29, 0.717) is 13.2 Å². The molecule has 8 nitrogen and oxygen atoms in total. The molecule has 4 N–H and O–H groups in total. The molecule has 3 unspecified atom stereocenters. The molecule has 0 amide bonds. The average Bonchev–Trinajstić information content (AvgIpc) is 2.66. The zero-order valence-electron chi connectivity index (χ0n) is 20.5. The zero-order chi connectivity index (χ0) is 24.1. The lowest BCUT2D eigenvalue weighted by molar-refractivity contribution is -0.159. The van der Waals surface area contributed by atoms with E-state index in [0.717, 1.165) is 25.7 Å². The van der Waals surface area contributed by atoms with Crippen molar-refractivity contribution in [3.05, 3.63) is 0 Å². The summed E-state index contributed by atoms with van der Waals surface area (Å²) in [4.78, 5) is 10.7. The van der Waals surface area contributed by atoms with E-state index < -0.39 is 26.5 Å². The molecule has 0 radical (unpaired) electrons. The normalized spacial score (nSPS) is 14.8. The number of aliphatic hydroxyl groups is 3. The van der Waals surface area contributed by atoms with Crippen LogP contribution in [0.15, 0.2) is 0 Å². The number of hydrogen-bond acceptors (Lipinski definition) is 7. The van der Waals surface area contributed by atoms with Crippen LogP contribution in [-0.4, -0.2) is 57.0 Å². The number of phosphoric ester groups is 1. The first-order valence-corrected chi connectivity index (χ1v) is 13.5. The van der Waals surface area contributed by atoms with Crippen LogP contribution in [0.4, 0.5) is 0 Å². The van der Waals surface area contributed by atoms with Gasteiger partial charge in [0.25, 0.3) is 0 Å². The van der Waals surface area contributed by atoms with E-state index in [4.69, 9.17) is 24.4 Å². The maximum atomic E-state index is 11.6. The van der Waals surface area contributed by atoms with Crippen molar-refractivity contribution < 1.29 is 33.8 Å². The van der Waals surface area contributed by atoms with Gasteiger partial charge in [0.15, 0.2) is 0 Å². The third-order valence-electron chi connectivity index (χ3n) is 4.80. The molecule has 0 rings (SSSR count). The Morgan fingerprint density at radius 3 is 1.19 bits per heavy atom. The molecule has 0 fully saturated rings. The Bertz CT molecular complexity index is 382. The highest BCUT2D eigenvalue weighted by Crippen LogP contribution is 2.43. The van der Waals surface area contributed by atoms with Crippen LogP contribution in [0.2, 0.25) is 0 Å². The first-order valence-electron chi connectivity index (χ1n) is 12.0. The fourth-order valence-electron chi connectivity index (χ4n) is 3.10. The predicted octanol–water partition coefficient (Wildman–Crippen LogP) is 5.14. The number of aliphatic hydroxyl groups excluding tert-OH is 3. The fraction of sp³-hybridized carbons (Fsp3) is 1.00. The van der Waals surface area contributed by atoms with E-state index in [1.807, 2.05) is 0 Å². The Labute approximate surface area is 190 Å². The largest absolute Gasteiger partial charge is 0.472 e. The molecular weight excluding hydrogens is 421 g/mol. The molecule has 0 heterocycles. The minimum atomic E-state index is -3.82. The van der Waals surface area contributed by atoms with Crippen molar-refractivity contribution in [1.82, 2.24) is 4.90 Å². The minimum Gasteiger partial charge on any atom is -0.379 e. The Morgan fingerprint density at radius 2 is 0.935 bits per heavy atom. The van der Waals surface area contributed by atoms with Gasteiger partial charge in [-0.3, -0.25) is 9.05 Å². The van der Waals surface area contributed by atoms with Gasteiger partial charge in [0, 0.05) is 0 Å². The summed E-state index contributed by atoms with van der Waals surface area (Å²) in [6.45, 7) is 9.46. The van der Waals surface area contributed by atoms with Gasteiger partial charge in [-0.05, 0) is 33.6 Å². The van der Waals surface area contributed by atoms with Crippen molar-refractivity contribution in [2.75, 3.05) is 13.2 Å². The van der Waals surface area contributed by atoms with Crippen LogP contribution in [0.5, 0.6) is 0 Å². The number of hydrogen-bond donors (Lipinski definition) is 4. The Balaban J connectivity index is 0. The highest BCUT2D eigenvalue weighted by molar-refractivity contribution is 7.47. The lowest BCUT2D eigenvalue weighted by Crippen LogP contribution is -2.45. The van der Waals surface area contributed by atoms with Crippen molar-refractivity contribution in [2.45, 2.75) is 130 Å². The van der Waals surface area contributed by atoms with E-state index in [-0.39, 0.29) is 0 Å². The van der Waals surface area contributed by atoms with Gasteiger partial charge < -0.3 is 20.2 Å². The summed E-state index contributed by atoms with van der Waals surface area (Å²) < 4.78 is 21.5. The average molecular weight is 472 g/mol. The molecule has 9 heteroatoms. The second-order valence-electron chi connectivity index (χ2n) is 8.01. The van der Waals surface area contributed by atoms with Gasteiger partial charge in [-0.2, -0.15) is 0 Å². The van der Waals surface area contributed by atoms with Gasteiger partial charge in [-0.15, -0.1) is 0 Å². The molecule has 190 valence electrons. The third kappa shape index (κ3) is 22.9. The Morgan fingerprint density at radius 1 is 0.645 bits per heavy atom. The van der Waals surface area contributed by atoms with Crippen LogP contribution in [-0.2, 0) is 13.6 Å². The molecule has 0 aliphatic rings. The van der Waals surface area contributed by atoms with Gasteiger partial charge in [-0.25, -0.2) is 9.46 Å². The number of rotatable bonds is 19. The molecule has 0 saturated carbocycles. The van der Waals surface area contributed by atoms with Crippen LogP contribution in [0, 0.1) is 0 Å². The maximum absolute atomic E-state index is 11.6. The summed E-state index contributed by atoms with van der Waals surface area (Å²) in [6.07, 6.45) is 11.1. The summed E-state index contributed by atoms with van der Waals surface area (Å²) in [5, 5.41) is 26.9. The van der Waals surface area contributed by atoms with Gasteiger partial charge in [0.2, 0.25) is 0 Å². The molecule has 0 aromatic heterocycles. The third-order valence-corrected chi connectivity index (χ3v) is 5.82. The highest BCUT2D eigenvalue weighted by Gasteiger charge is 2.20. The molecular formula is C22H50NO7P. The second-order valence-corrected chi connectivity index (χ2v) is 9.47. The zero-order valence-corrected chi connectivity index (χ0v) is 21.4. The van der Waals surface area contributed by atoms with Crippen molar-refractivity contribution in [3.8, 4) is 0 Å². The lowest BCUT2D eigenvalue weighted by Gasteiger charge is -2.30. The Kier molecular flexibility index (Phi) is 23.3. The van der Waals surface area contributed by atoms with E-state index in [2.05, 4.69) is 13.8 Å². The lowest BCUT2D eigenvalue weighted by atomic mass is 10.1. The van der Waals surface area contributed by atoms with Crippen molar-refractivity contribution in [1.29, 1.82) is 0 Å². The summed E-state index contributed by atoms with van der Waals surface area (Å²) in [5.41, 5.74) is 0. The van der Waals surface area contributed by atoms with Crippen LogP contribution in [0.1, 0.15) is 112 Å². The summed E-state index contributed by atoms with van der Waals surface area (Å²) in [7, 11) is -3.82. The van der Waals surface area contributed by atoms with Gasteiger partial charge in [0.1, 0.15) is 18.7 Å². The number of unbranched alkanes of at least 4 members (excludes halogenated alkanes) is 10. The first kappa shape index (κ1) is 33.1. The van der Waals surface area contributed by atoms with Crippen LogP contribution >= 0.6 is 7.82 Å². The molecule has 0 aliphatic carbocycles. The molecule has 0 aromatic rings. The maximum Gasteiger partial charge on any atom is 0.472 e. The first-order chi connectivity index (χ1) is 14.6. The van der Waals surface area contributed by atoms with Crippen molar-refractivity contribution in [2.24, 2.45) is 0 Å². The van der Waals surface area contributed by atoms with Crippen LogP contribution in [0.25, 0.3) is 0 Å². The van der Waals surface area contributed by atoms with Crippen LogP contribution in [0.3, 0.4) is 0 Å². The number of phosphoric acid groups is 1. The predicted molar refractivity (Wildman–Crippen MR) is 125 cm³/mol.